The third kappa shape index (κ3) is 2.93. The molecule has 1 saturated heterocycles. The molecule has 0 aromatic rings. The maximum atomic E-state index is 6.32. The molecule has 0 aliphatic carbocycles. The maximum absolute atomic E-state index is 6.32. The van der Waals surface area contributed by atoms with Crippen LogP contribution in [0, 0.1) is 0 Å². The summed E-state index contributed by atoms with van der Waals surface area (Å²) in [7, 11) is 2.15. The molecule has 1 aliphatic heterocycles. The van der Waals surface area contributed by atoms with Gasteiger partial charge >= 0.3 is 0 Å². The molecule has 1 heterocycles. The van der Waals surface area contributed by atoms with Gasteiger partial charge in [-0.05, 0) is 33.1 Å². The number of nitrogens with zero attached hydrogens (tertiary/aromatic N) is 2. The Kier molecular flexibility index (Phi) is 3.71. The summed E-state index contributed by atoms with van der Waals surface area (Å²) in [6, 6.07) is 0. The van der Waals surface area contributed by atoms with Crippen LogP contribution in [0.25, 0.3) is 0 Å². The van der Waals surface area contributed by atoms with Crippen LogP contribution in [0.3, 0.4) is 0 Å². The highest BCUT2D eigenvalue weighted by Gasteiger charge is 2.33. The van der Waals surface area contributed by atoms with Gasteiger partial charge in [0.25, 0.3) is 0 Å². The van der Waals surface area contributed by atoms with Crippen LogP contribution in [0.4, 0.5) is 0 Å². The van der Waals surface area contributed by atoms with Crippen molar-refractivity contribution in [3.8, 4) is 0 Å². The molecule has 1 atom stereocenters. The van der Waals surface area contributed by atoms with E-state index < -0.39 is 0 Å². The lowest BCUT2D eigenvalue weighted by Gasteiger charge is -2.30. The summed E-state index contributed by atoms with van der Waals surface area (Å²) in [5.74, 6) is 0. The van der Waals surface area contributed by atoms with Crippen molar-refractivity contribution in [2.45, 2.75) is 25.8 Å². The second-order valence-corrected chi connectivity index (χ2v) is 4.31. The first kappa shape index (κ1) is 11.0. The third-order valence-corrected chi connectivity index (χ3v) is 3.01. The molecule has 1 fully saturated rings. The topological polar surface area (TPSA) is 32.5 Å². The molecule has 78 valence electrons. The number of rotatable bonds is 4. The highest BCUT2D eigenvalue weighted by molar-refractivity contribution is 4.95. The van der Waals surface area contributed by atoms with Crippen molar-refractivity contribution in [1.29, 1.82) is 0 Å². The smallest absolute Gasteiger partial charge is 0.0424 e. The second kappa shape index (κ2) is 4.40. The Morgan fingerprint density at radius 3 is 2.38 bits per heavy atom. The van der Waals surface area contributed by atoms with Gasteiger partial charge in [0.05, 0.1) is 0 Å². The number of nitrogens with two attached hydrogens (primary N) is 1. The van der Waals surface area contributed by atoms with Gasteiger partial charge in [-0.15, -0.1) is 0 Å². The number of hydrogen-bond acceptors (Lipinski definition) is 3. The van der Waals surface area contributed by atoms with Gasteiger partial charge in [-0.2, -0.15) is 0 Å². The minimum atomic E-state index is 0.0424. The molecule has 0 bridgehead atoms. The molecular formula is C10H23N3. The highest BCUT2D eigenvalue weighted by atomic mass is 15.2. The van der Waals surface area contributed by atoms with Crippen molar-refractivity contribution in [2.75, 3.05) is 39.8 Å². The van der Waals surface area contributed by atoms with Crippen molar-refractivity contribution >= 4 is 0 Å². The fourth-order valence-electron chi connectivity index (χ4n) is 2.13. The van der Waals surface area contributed by atoms with Gasteiger partial charge < -0.3 is 15.5 Å². The summed E-state index contributed by atoms with van der Waals surface area (Å²) in [6.45, 7) is 9.86. The first-order valence-corrected chi connectivity index (χ1v) is 5.29. The summed E-state index contributed by atoms with van der Waals surface area (Å²) in [5, 5.41) is 0. The van der Waals surface area contributed by atoms with Crippen molar-refractivity contribution in [3.05, 3.63) is 0 Å². The average Bonchev–Trinajstić information content (AvgIpc) is 2.43. The quantitative estimate of drug-likeness (QED) is 0.686. The lowest BCUT2D eigenvalue weighted by atomic mass is 9.99. The Morgan fingerprint density at radius 1 is 1.38 bits per heavy atom. The normalized spacial score (nSPS) is 30.2. The van der Waals surface area contributed by atoms with E-state index in [1.54, 1.807) is 0 Å². The highest BCUT2D eigenvalue weighted by Crippen LogP contribution is 2.18. The Hall–Kier alpha value is -0.120. The van der Waals surface area contributed by atoms with E-state index in [9.17, 15) is 0 Å². The number of likely N-dealkylation sites (tertiary alicyclic amines) is 1. The summed E-state index contributed by atoms with van der Waals surface area (Å²) >= 11 is 0. The third-order valence-electron chi connectivity index (χ3n) is 3.01. The van der Waals surface area contributed by atoms with Gasteiger partial charge in [-0.25, -0.2) is 0 Å². The summed E-state index contributed by atoms with van der Waals surface area (Å²) in [6.07, 6.45) is 1.14. The molecular weight excluding hydrogens is 162 g/mol. The summed E-state index contributed by atoms with van der Waals surface area (Å²) in [4.78, 5) is 4.74. The summed E-state index contributed by atoms with van der Waals surface area (Å²) < 4.78 is 0. The SMILES string of the molecule is CCN(CC)CC1(N)CCN(C)C1. The minimum Gasteiger partial charge on any atom is -0.323 e. The number of hydrogen-bond donors (Lipinski definition) is 1. The van der Waals surface area contributed by atoms with Crippen molar-refractivity contribution in [1.82, 2.24) is 9.80 Å². The van der Waals surface area contributed by atoms with Gasteiger partial charge in [0.2, 0.25) is 0 Å². The molecule has 0 aromatic carbocycles. The molecule has 1 unspecified atom stereocenters. The largest absolute Gasteiger partial charge is 0.323 e. The lowest BCUT2D eigenvalue weighted by molar-refractivity contribution is 0.225. The second-order valence-electron chi connectivity index (χ2n) is 4.31. The van der Waals surface area contributed by atoms with Crippen LogP contribution in [0.1, 0.15) is 20.3 Å². The predicted molar refractivity (Wildman–Crippen MR) is 56.8 cm³/mol. The van der Waals surface area contributed by atoms with Crippen LogP contribution in [-0.4, -0.2) is 55.1 Å². The van der Waals surface area contributed by atoms with E-state index in [1.807, 2.05) is 0 Å². The molecule has 1 aliphatic rings. The molecule has 2 N–H and O–H groups in total. The monoisotopic (exact) mass is 185 g/mol. The standard InChI is InChI=1S/C10H23N3/c1-4-13(5-2)9-10(11)6-7-12(3)8-10/h4-9,11H2,1-3H3. The lowest BCUT2D eigenvalue weighted by Crippen LogP contribution is -2.51. The van der Waals surface area contributed by atoms with Gasteiger partial charge in [-0.1, -0.05) is 13.8 Å². The van der Waals surface area contributed by atoms with Crippen LogP contribution in [0.5, 0.6) is 0 Å². The van der Waals surface area contributed by atoms with E-state index in [4.69, 9.17) is 5.73 Å². The first-order valence-electron chi connectivity index (χ1n) is 5.29. The zero-order valence-electron chi connectivity index (χ0n) is 9.21. The molecule has 0 spiro atoms. The molecule has 0 radical (unpaired) electrons. The first-order chi connectivity index (χ1) is 6.09. The molecule has 0 aromatic heterocycles. The molecule has 0 amide bonds. The van der Waals surface area contributed by atoms with E-state index in [-0.39, 0.29) is 5.54 Å². The van der Waals surface area contributed by atoms with Gasteiger partial charge in [-0.3, -0.25) is 0 Å². The fourth-order valence-corrected chi connectivity index (χ4v) is 2.13. The number of likely N-dealkylation sites (N-methyl/N-ethyl adjacent to an activating group) is 2. The zero-order chi connectivity index (χ0) is 9.90. The van der Waals surface area contributed by atoms with E-state index in [0.717, 1.165) is 39.1 Å². The average molecular weight is 185 g/mol. The summed E-state index contributed by atoms with van der Waals surface area (Å²) in [5.41, 5.74) is 6.36. The van der Waals surface area contributed by atoms with E-state index in [1.165, 1.54) is 0 Å². The van der Waals surface area contributed by atoms with Crippen LogP contribution >= 0.6 is 0 Å². The zero-order valence-corrected chi connectivity index (χ0v) is 9.21. The van der Waals surface area contributed by atoms with E-state index in [0.29, 0.717) is 0 Å². The van der Waals surface area contributed by atoms with Crippen LogP contribution < -0.4 is 5.73 Å². The van der Waals surface area contributed by atoms with Gasteiger partial charge in [0.1, 0.15) is 0 Å². The molecule has 0 saturated carbocycles. The Bertz CT molecular complexity index is 156. The van der Waals surface area contributed by atoms with Crippen LogP contribution in [0.15, 0.2) is 0 Å². The van der Waals surface area contributed by atoms with Crippen molar-refractivity contribution < 1.29 is 0 Å². The Balaban J connectivity index is 2.42. The molecule has 13 heavy (non-hydrogen) atoms. The van der Waals surface area contributed by atoms with Crippen molar-refractivity contribution in [3.63, 3.8) is 0 Å². The predicted octanol–water partition coefficient (Wildman–Crippen LogP) is 0.361. The molecule has 3 heteroatoms. The fraction of sp³-hybridized carbons (Fsp3) is 1.00. The Labute approximate surface area is 81.9 Å². The Morgan fingerprint density at radius 2 is 2.00 bits per heavy atom. The maximum Gasteiger partial charge on any atom is 0.0424 e. The van der Waals surface area contributed by atoms with Gasteiger partial charge in [0.15, 0.2) is 0 Å². The van der Waals surface area contributed by atoms with E-state index in [2.05, 4.69) is 30.7 Å². The van der Waals surface area contributed by atoms with E-state index >= 15 is 0 Å². The molecule has 1 rings (SSSR count). The molecule has 3 nitrogen and oxygen atoms in total. The van der Waals surface area contributed by atoms with Crippen molar-refractivity contribution in [2.24, 2.45) is 5.73 Å². The van der Waals surface area contributed by atoms with Gasteiger partial charge in [0, 0.05) is 18.6 Å². The van der Waals surface area contributed by atoms with Crippen LogP contribution in [0.2, 0.25) is 0 Å². The van der Waals surface area contributed by atoms with Crippen LogP contribution in [-0.2, 0) is 0 Å². The minimum absolute atomic E-state index is 0.0424.